The number of carbonyl (C=O) groups excluding carboxylic acids is 1. The van der Waals surface area contributed by atoms with Gasteiger partial charge in [-0.25, -0.2) is 4.79 Å². The predicted octanol–water partition coefficient (Wildman–Crippen LogP) is 0.694. The summed E-state index contributed by atoms with van der Waals surface area (Å²) >= 11 is 0. The van der Waals surface area contributed by atoms with Gasteiger partial charge in [0.1, 0.15) is 6.10 Å². The van der Waals surface area contributed by atoms with E-state index in [0.29, 0.717) is 0 Å². The number of aromatic nitrogens is 1. The molecule has 1 aliphatic heterocycles. The highest BCUT2D eigenvalue weighted by Crippen LogP contribution is 2.38. The van der Waals surface area contributed by atoms with E-state index in [1.165, 1.54) is 7.11 Å². The minimum atomic E-state index is -0.424. The molecular weight excluding hydrogens is 170 g/mol. The van der Waals surface area contributed by atoms with E-state index in [-0.39, 0.29) is 12.1 Å². The zero-order valence-electron chi connectivity index (χ0n) is 7.14. The molecule has 2 heterocycles. The maximum atomic E-state index is 11.0. The second-order valence-corrected chi connectivity index (χ2v) is 2.78. The number of nitrogens with zero attached hydrogens (tertiary/aromatic N) is 1. The summed E-state index contributed by atoms with van der Waals surface area (Å²) < 4.78 is 9.70. The van der Waals surface area contributed by atoms with Gasteiger partial charge in [-0.3, -0.25) is 4.98 Å². The van der Waals surface area contributed by atoms with E-state index in [0.717, 1.165) is 5.56 Å². The molecule has 0 saturated carbocycles. The lowest BCUT2D eigenvalue weighted by Gasteiger charge is -1.93. The van der Waals surface area contributed by atoms with Crippen LogP contribution in [0.1, 0.15) is 11.7 Å². The van der Waals surface area contributed by atoms with Gasteiger partial charge in [-0.1, -0.05) is 0 Å². The van der Waals surface area contributed by atoms with Crippen LogP contribution in [-0.2, 0) is 14.3 Å². The predicted molar refractivity (Wildman–Crippen MR) is 43.9 cm³/mol. The van der Waals surface area contributed by atoms with E-state index in [1.54, 1.807) is 12.4 Å². The van der Waals surface area contributed by atoms with Gasteiger partial charge in [0.2, 0.25) is 0 Å². The number of esters is 1. The monoisotopic (exact) mass is 179 g/mol. The van der Waals surface area contributed by atoms with Crippen molar-refractivity contribution in [1.82, 2.24) is 4.98 Å². The summed E-state index contributed by atoms with van der Waals surface area (Å²) in [7, 11) is 1.35. The van der Waals surface area contributed by atoms with Crippen LogP contribution in [0.25, 0.3) is 0 Å². The second-order valence-electron chi connectivity index (χ2n) is 2.78. The van der Waals surface area contributed by atoms with Gasteiger partial charge in [0.25, 0.3) is 0 Å². The zero-order chi connectivity index (χ0) is 9.26. The molecule has 1 aromatic heterocycles. The smallest absolute Gasteiger partial charge is 0.338 e. The fraction of sp³-hybridized carbons (Fsp3) is 0.333. The van der Waals surface area contributed by atoms with Crippen molar-refractivity contribution in [3.8, 4) is 0 Å². The second kappa shape index (κ2) is 3.14. The fourth-order valence-electron chi connectivity index (χ4n) is 1.21. The van der Waals surface area contributed by atoms with Crippen LogP contribution in [0, 0.1) is 0 Å². The Hall–Kier alpha value is -1.42. The average Bonchev–Trinajstić information content (AvgIpc) is 2.98. The van der Waals surface area contributed by atoms with E-state index in [9.17, 15) is 4.79 Å². The third kappa shape index (κ3) is 1.53. The summed E-state index contributed by atoms with van der Waals surface area (Å²) in [6, 6.07) is 3.65. The first-order valence-corrected chi connectivity index (χ1v) is 3.96. The van der Waals surface area contributed by atoms with Crippen LogP contribution < -0.4 is 0 Å². The van der Waals surface area contributed by atoms with Gasteiger partial charge in [0, 0.05) is 12.4 Å². The molecule has 0 unspecified atom stereocenters. The van der Waals surface area contributed by atoms with E-state index in [1.807, 2.05) is 12.1 Å². The molecule has 2 atom stereocenters. The first-order chi connectivity index (χ1) is 6.33. The first-order valence-electron chi connectivity index (χ1n) is 3.96. The molecule has 1 aliphatic rings. The average molecular weight is 179 g/mol. The molecule has 0 radical (unpaired) electrons. The molecule has 0 aromatic carbocycles. The summed E-state index contributed by atoms with van der Waals surface area (Å²) in [5.41, 5.74) is 0.963. The fourth-order valence-corrected chi connectivity index (χ4v) is 1.21. The third-order valence-corrected chi connectivity index (χ3v) is 1.96. The van der Waals surface area contributed by atoms with Crippen molar-refractivity contribution >= 4 is 5.97 Å². The van der Waals surface area contributed by atoms with Crippen LogP contribution in [0.4, 0.5) is 0 Å². The lowest BCUT2D eigenvalue weighted by Crippen LogP contribution is -2.09. The van der Waals surface area contributed by atoms with Gasteiger partial charge < -0.3 is 9.47 Å². The lowest BCUT2D eigenvalue weighted by molar-refractivity contribution is -0.142. The maximum Gasteiger partial charge on any atom is 0.338 e. The molecule has 1 aromatic rings. The molecule has 1 saturated heterocycles. The van der Waals surface area contributed by atoms with Crippen molar-refractivity contribution in [3.05, 3.63) is 30.1 Å². The van der Waals surface area contributed by atoms with E-state index in [2.05, 4.69) is 9.72 Å². The Labute approximate surface area is 75.5 Å². The van der Waals surface area contributed by atoms with Crippen LogP contribution >= 0.6 is 0 Å². The highest BCUT2D eigenvalue weighted by molar-refractivity contribution is 5.78. The van der Waals surface area contributed by atoms with Crippen LogP contribution in [0.5, 0.6) is 0 Å². The van der Waals surface area contributed by atoms with Gasteiger partial charge >= 0.3 is 5.97 Å². The molecule has 68 valence electrons. The van der Waals surface area contributed by atoms with Crippen molar-refractivity contribution in [3.63, 3.8) is 0 Å². The van der Waals surface area contributed by atoms with Crippen molar-refractivity contribution in [2.75, 3.05) is 7.11 Å². The Balaban J connectivity index is 2.04. The highest BCUT2D eigenvalue weighted by Gasteiger charge is 2.47. The van der Waals surface area contributed by atoms with E-state index in [4.69, 9.17) is 4.74 Å². The summed E-state index contributed by atoms with van der Waals surface area (Å²) in [6.45, 7) is 0. The van der Waals surface area contributed by atoms with Crippen LogP contribution in [0.3, 0.4) is 0 Å². The Bertz CT molecular complexity index is 312. The van der Waals surface area contributed by atoms with Crippen LogP contribution in [0.15, 0.2) is 24.5 Å². The van der Waals surface area contributed by atoms with Crippen molar-refractivity contribution < 1.29 is 14.3 Å². The summed E-state index contributed by atoms with van der Waals surface area (Å²) in [5, 5.41) is 0. The lowest BCUT2D eigenvalue weighted by atomic mass is 10.1. The molecule has 0 amide bonds. The molecule has 0 bridgehead atoms. The highest BCUT2D eigenvalue weighted by atomic mass is 16.6. The molecule has 4 heteroatoms. The van der Waals surface area contributed by atoms with Crippen molar-refractivity contribution in [2.45, 2.75) is 12.2 Å². The maximum absolute atomic E-state index is 11.0. The van der Waals surface area contributed by atoms with Gasteiger partial charge in [-0.15, -0.1) is 0 Å². The summed E-state index contributed by atoms with van der Waals surface area (Å²) in [4.78, 5) is 14.9. The number of carbonyl (C=O) groups is 1. The summed E-state index contributed by atoms with van der Waals surface area (Å²) in [5.74, 6) is -0.318. The minimum absolute atomic E-state index is 0.143. The third-order valence-electron chi connectivity index (χ3n) is 1.96. The minimum Gasteiger partial charge on any atom is -0.467 e. The zero-order valence-corrected chi connectivity index (χ0v) is 7.14. The number of rotatable bonds is 2. The Morgan fingerprint density at radius 1 is 1.54 bits per heavy atom. The normalized spacial score (nSPS) is 25.3. The molecular formula is C9H9NO3. The van der Waals surface area contributed by atoms with Crippen LogP contribution in [0.2, 0.25) is 0 Å². The number of hydrogen-bond acceptors (Lipinski definition) is 4. The topological polar surface area (TPSA) is 51.7 Å². The van der Waals surface area contributed by atoms with Gasteiger partial charge in [0.05, 0.1) is 7.11 Å². The van der Waals surface area contributed by atoms with Gasteiger partial charge in [-0.2, -0.15) is 0 Å². The molecule has 13 heavy (non-hydrogen) atoms. The van der Waals surface area contributed by atoms with Crippen LogP contribution in [-0.4, -0.2) is 24.2 Å². The van der Waals surface area contributed by atoms with Crippen molar-refractivity contribution in [2.24, 2.45) is 0 Å². The first kappa shape index (κ1) is 8.19. The quantitative estimate of drug-likeness (QED) is 0.495. The number of methoxy groups -OCH3 is 1. The largest absolute Gasteiger partial charge is 0.467 e. The molecule has 4 nitrogen and oxygen atoms in total. The Morgan fingerprint density at radius 2 is 2.23 bits per heavy atom. The summed E-state index contributed by atoms with van der Waals surface area (Å²) in [6.07, 6.45) is 2.78. The van der Waals surface area contributed by atoms with Gasteiger partial charge in [-0.05, 0) is 17.7 Å². The molecule has 2 rings (SSSR count). The number of ether oxygens (including phenoxy) is 2. The number of pyridine rings is 1. The van der Waals surface area contributed by atoms with E-state index >= 15 is 0 Å². The van der Waals surface area contributed by atoms with Crippen molar-refractivity contribution in [1.29, 1.82) is 0 Å². The van der Waals surface area contributed by atoms with Gasteiger partial charge in [0.15, 0.2) is 6.10 Å². The molecule has 1 fully saturated rings. The molecule has 0 spiro atoms. The Morgan fingerprint density at radius 3 is 2.85 bits per heavy atom. The van der Waals surface area contributed by atoms with E-state index < -0.39 is 6.10 Å². The SMILES string of the molecule is COC(=O)[C@@H]1O[C@H]1c1ccncc1. The molecule has 0 aliphatic carbocycles. The Kier molecular flexibility index (Phi) is 1.98. The number of hydrogen-bond donors (Lipinski definition) is 0. The number of epoxide rings is 1. The molecule has 0 N–H and O–H groups in total. The standard InChI is InChI=1S/C9H9NO3/c1-12-9(11)8-7(13-8)6-2-4-10-5-3-6/h2-5,7-8H,1H3/t7-,8+/m0/s1.